The largest absolute Gasteiger partial charge is 0.493 e. The molecule has 0 radical (unpaired) electrons. The van der Waals surface area contributed by atoms with E-state index in [2.05, 4.69) is 0 Å². The number of piperazine rings is 1. The van der Waals surface area contributed by atoms with Gasteiger partial charge in [0.2, 0.25) is 5.91 Å². The maximum absolute atomic E-state index is 12.2. The van der Waals surface area contributed by atoms with Gasteiger partial charge in [0.1, 0.15) is 0 Å². The summed E-state index contributed by atoms with van der Waals surface area (Å²) in [6, 6.07) is 5.55. The van der Waals surface area contributed by atoms with Crippen LogP contribution in [0.5, 0.6) is 11.5 Å². The quantitative estimate of drug-likeness (QED) is 0.801. The lowest BCUT2D eigenvalue weighted by molar-refractivity contribution is -0.132. The molecule has 0 saturated carbocycles. The zero-order chi connectivity index (χ0) is 14.5. The first kappa shape index (κ1) is 14.6. The van der Waals surface area contributed by atoms with Crippen LogP contribution in [-0.2, 0) is 11.2 Å². The van der Waals surface area contributed by atoms with Gasteiger partial charge in [0.05, 0.1) is 20.6 Å². The van der Waals surface area contributed by atoms with Crippen molar-refractivity contribution in [2.75, 3.05) is 40.4 Å². The Morgan fingerprint density at radius 1 is 1.15 bits per heavy atom. The summed E-state index contributed by atoms with van der Waals surface area (Å²) < 4.78 is 10.4. The number of benzene rings is 1. The molecule has 1 amide bonds. The average molecular weight is 279 g/mol. The van der Waals surface area contributed by atoms with Crippen LogP contribution in [0.1, 0.15) is 5.56 Å². The van der Waals surface area contributed by atoms with Crippen molar-refractivity contribution >= 4 is 5.91 Å². The van der Waals surface area contributed by atoms with E-state index < -0.39 is 0 Å². The summed E-state index contributed by atoms with van der Waals surface area (Å²) in [5, 5.41) is 1.74. The first-order valence-electron chi connectivity index (χ1n) is 6.62. The van der Waals surface area contributed by atoms with Crippen LogP contribution in [0.4, 0.5) is 0 Å². The van der Waals surface area contributed by atoms with E-state index in [0.29, 0.717) is 31.0 Å². The molecule has 0 aliphatic carbocycles. The fourth-order valence-corrected chi connectivity index (χ4v) is 2.25. The van der Waals surface area contributed by atoms with Gasteiger partial charge in [-0.25, -0.2) is 5.01 Å². The maximum Gasteiger partial charge on any atom is 0.227 e. The molecule has 2 N–H and O–H groups in total. The number of methoxy groups -OCH3 is 2. The van der Waals surface area contributed by atoms with Crippen molar-refractivity contribution in [3.63, 3.8) is 0 Å². The number of nitrogens with two attached hydrogens (primary N) is 1. The van der Waals surface area contributed by atoms with Crippen molar-refractivity contribution in [2.45, 2.75) is 6.42 Å². The van der Waals surface area contributed by atoms with E-state index >= 15 is 0 Å². The Morgan fingerprint density at radius 3 is 2.40 bits per heavy atom. The van der Waals surface area contributed by atoms with Crippen molar-refractivity contribution < 1.29 is 14.3 Å². The lowest BCUT2D eigenvalue weighted by Crippen LogP contribution is -2.51. The second kappa shape index (κ2) is 6.58. The molecule has 0 aromatic heterocycles. The van der Waals surface area contributed by atoms with Crippen LogP contribution in [-0.4, -0.2) is 56.2 Å². The zero-order valence-corrected chi connectivity index (χ0v) is 12.0. The van der Waals surface area contributed by atoms with E-state index in [-0.39, 0.29) is 5.91 Å². The highest BCUT2D eigenvalue weighted by atomic mass is 16.5. The zero-order valence-electron chi connectivity index (χ0n) is 12.0. The number of hydrazine groups is 1. The predicted molar refractivity (Wildman–Crippen MR) is 75.6 cm³/mol. The standard InChI is InChI=1S/C14H21N3O3/c1-19-12-4-3-11(9-13(12)20-2)10-14(18)16-5-7-17(15)8-6-16/h3-4,9H,5-8,10,15H2,1-2H3. The van der Waals surface area contributed by atoms with Crippen molar-refractivity contribution in [1.82, 2.24) is 9.91 Å². The Labute approximate surface area is 119 Å². The summed E-state index contributed by atoms with van der Waals surface area (Å²) >= 11 is 0. The summed E-state index contributed by atoms with van der Waals surface area (Å²) in [4.78, 5) is 14.1. The molecule has 0 atom stereocenters. The fraction of sp³-hybridized carbons (Fsp3) is 0.500. The van der Waals surface area contributed by atoms with Gasteiger partial charge >= 0.3 is 0 Å². The van der Waals surface area contributed by atoms with Gasteiger partial charge in [0.15, 0.2) is 11.5 Å². The molecule has 0 unspecified atom stereocenters. The molecule has 1 aromatic rings. The van der Waals surface area contributed by atoms with Crippen LogP contribution in [0.15, 0.2) is 18.2 Å². The van der Waals surface area contributed by atoms with Gasteiger partial charge in [-0.3, -0.25) is 10.6 Å². The molecule has 1 saturated heterocycles. The molecular formula is C14H21N3O3. The fourth-order valence-electron chi connectivity index (χ4n) is 2.25. The first-order chi connectivity index (χ1) is 9.63. The van der Waals surface area contributed by atoms with Crippen LogP contribution in [0, 0.1) is 0 Å². The number of amides is 1. The van der Waals surface area contributed by atoms with E-state index in [1.165, 1.54) is 0 Å². The number of carbonyl (C=O) groups excluding carboxylic acids is 1. The minimum Gasteiger partial charge on any atom is -0.493 e. The number of hydrogen-bond donors (Lipinski definition) is 1. The Hall–Kier alpha value is -1.79. The van der Waals surface area contributed by atoms with Gasteiger partial charge in [-0.2, -0.15) is 0 Å². The highest BCUT2D eigenvalue weighted by molar-refractivity contribution is 5.79. The number of ether oxygens (including phenoxy) is 2. The topological polar surface area (TPSA) is 68.0 Å². The SMILES string of the molecule is COc1ccc(CC(=O)N2CCN(N)CC2)cc1OC. The molecule has 2 rings (SSSR count). The van der Waals surface area contributed by atoms with E-state index in [1.54, 1.807) is 19.2 Å². The summed E-state index contributed by atoms with van der Waals surface area (Å²) in [5.41, 5.74) is 0.919. The molecule has 20 heavy (non-hydrogen) atoms. The third-order valence-electron chi connectivity index (χ3n) is 3.47. The molecule has 0 spiro atoms. The lowest BCUT2D eigenvalue weighted by atomic mass is 10.1. The van der Waals surface area contributed by atoms with Crippen molar-refractivity contribution in [3.05, 3.63) is 23.8 Å². The van der Waals surface area contributed by atoms with Crippen LogP contribution in [0.2, 0.25) is 0 Å². The van der Waals surface area contributed by atoms with E-state index in [0.717, 1.165) is 18.7 Å². The number of hydrogen-bond acceptors (Lipinski definition) is 5. The van der Waals surface area contributed by atoms with Crippen molar-refractivity contribution in [2.24, 2.45) is 5.84 Å². The maximum atomic E-state index is 12.2. The Morgan fingerprint density at radius 2 is 1.80 bits per heavy atom. The number of rotatable bonds is 4. The van der Waals surface area contributed by atoms with Crippen molar-refractivity contribution in [3.8, 4) is 11.5 Å². The van der Waals surface area contributed by atoms with Crippen LogP contribution in [0.3, 0.4) is 0 Å². The Balaban J connectivity index is 2.00. The normalized spacial score (nSPS) is 16.1. The van der Waals surface area contributed by atoms with Gasteiger partial charge in [0, 0.05) is 26.2 Å². The Bertz CT molecular complexity index is 471. The monoisotopic (exact) mass is 279 g/mol. The van der Waals surface area contributed by atoms with E-state index in [4.69, 9.17) is 15.3 Å². The van der Waals surface area contributed by atoms with Crippen molar-refractivity contribution in [1.29, 1.82) is 0 Å². The molecule has 6 heteroatoms. The minimum absolute atomic E-state index is 0.116. The second-order valence-corrected chi connectivity index (χ2v) is 4.78. The van der Waals surface area contributed by atoms with Crippen LogP contribution >= 0.6 is 0 Å². The molecular weight excluding hydrogens is 258 g/mol. The van der Waals surface area contributed by atoms with Gasteiger partial charge in [-0.1, -0.05) is 6.07 Å². The summed E-state index contributed by atoms with van der Waals surface area (Å²) in [5.74, 6) is 7.11. The minimum atomic E-state index is 0.116. The van der Waals surface area contributed by atoms with Crippen LogP contribution in [0.25, 0.3) is 0 Å². The molecule has 1 aliphatic heterocycles. The van der Waals surface area contributed by atoms with E-state index in [1.807, 2.05) is 23.1 Å². The molecule has 1 fully saturated rings. The average Bonchev–Trinajstić information content (AvgIpc) is 2.47. The molecule has 1 aromatic carbocycles. The molecule has 0 bridgehead atoms. The second-order valence-electron chi connectivity index (χ2n) is 4.78. The van der Waals surface area contributed by atoms with E-state index in [9.17, 15) is 4.79 Å². The van der Waals surface area contributed by atoms with Gasteiger partial charge < -0.3 is 14.4 Å². The highest BCUT2D eigenvalue weighted by Crippen LogP contribution is 2.27. The van der Waals surface area contributed by atoms with Crippen LogP contribution < -0.4 is 15.3 Å². The number of nitrogens with zero attached hydrogens (tertiary/aromatic N) is 2. The third-order valence-corrected chi connectivity index (χ3v) is 3.47. The summed E-state index contributed by atoms with van der Waals surface area (Å²) in [6.07, 6.45) is 0.366. The molecule has 110 valence electrons. The third kappa shape index (κ3) is 3.40. The highest BCUT2D eigenvalue weighted by Gasteiger charge is 2.19. The summed E-state index contributed by atoms with van der Waals surface area (Å²) in [6.45, 7) is 2.81. The summed E-state index contributed by atoms with van der Waals surface area (Å²) in [7, 11) is 3.18. The smallest absolute Gasteiger partial charge is 0.227 e. The predicted octanol–water partition coefficient (Wildman–Crippen LogP) is 0.264. The van der Waals surface area contributed by atoms with Gasteiger partial charge in [0.25, 0.3) is 0 Å². The number of carbonyl (C=O) groups is 1. The lowest BCUT2D eigenvalue weighted by Gasteiger charge is -2.32. The Kier molecular flexibility index (Phi) is 4.81. The van der Waals surface area contributed by atoms with Gasteiger partial charge in [-0.05, 0) is 17.7 Å². The molecule has 6 nitrogen and oxygen atoms in total. The van der Waals surface area contributed by atoms with Gasteiger partial charge in [-0.15, -0.1) is 0 Å². The molecule has 1 heterocycles. The molecule has 1 aliphatic rings. The first-order valence-corrected chi connectivity index (χ1v) is 6.62.